The molecule has 1 aromatic heterocycles. The Balaban J connectivity index is 2.34. The van der Waals surface area contributed by atoms with Gasteiger partial charge in [-0.2, -0.15) is 5.10 Å². The number of rotatable bonds is 6. The first-order chi connectivity index (χ1) is 9.71. The van der Waals surface area contributed by atoms with Crippen LogP contribution < -0.4 is 20.7 Å². The Morgan fingerprint density at radius 1 is 1.35 bits per heavy atom. The standard InChI is InChI=1S/C14H20N4O2/c1-4-20-11-7-5-10(6-8-11)13(17-15)14-12(19-3)9-16-18(14)2/h5-9,13,17H,4,15H2,1-3H3. The van der Waals surface area contributed by atoms with E-state index in [1.807, 2.05) is 38.2 Å². The summed E-state index contributed by atoms with van der Waals surface area (Å²) in [5.41, 5.74) is 4.69. The molecule has 3 N–H and O–H groups in total. The first-order valence-electron chi connectivity index (χ1n) is 6.46. The zero-order valence-electron chi connectivity index (χ0n) is 12.0. The highest BCUT2D eigenvalue weighted by atomic mass is 16.5. The topological polar surface area (TPSA) is 74.3 Å². The lowest BCUT2D eigenvalue weighted by atomic mass is 10.0. The second-order valence-corrected chi connectivity index (χ2v) is 4.32. The van der Waals surface area contributed by atoms with Crippen LogP contribution in [0.3, 0.4) is 0 Å². The summed E-state index contributed by atoms with van der Waals surface area (Å²) in [7, 11) is 3.48. The number of nitrogens with two attached hydrogens (primary N) is 1. The number of aryl methyl sites for hydroxylation is 1. The third-order valence-corrected chi connectivity index (χ3v) is 3.13. The van der Waals surface area contributed by atoms with Crippen LogP contribution in [0.4, 0.5) is 0 Å². The zero-order valence-corrected chi connectivity index (χ0v) is 12.0. The summed E-state index contributed by atoms with van der Waals surface area (Å²) in [4.78, 5) is 0. The molecule has 0 saturated carbocycles. The smallest absolute Gasteiger partial charge is 0.161 e. The molecule has 1 unspecified atom stereocenters. The number of nitrogens with one attached hydrogen (secondary N) is 1. The van der Waals surface area contributed by atoms with E-state index >= 15 is 0 Å². The Kier molecular flexibility index (Phi) is 4.60. The second-order valence-electron chi connectivity index (χ2n) is 4.32. The highest BCUT2D eigenvalue weighted by Gasteiger charge is 2.21. The maximum atomic E-state index is 5.71. The van der Waals surface area contributed by atoms with Gasteiger partial charge in [0.15, 0.2) is 5.75 Å². The lowest BCUT2D eigenvalue weighted by Crippen LogP contribution is -2.30. The number of methoxy groups -OCH3 is 1. The van der Waals surface area contributed by atoms with Gasteiger partial charge in [0.1, 0.15) is 11.4 Å². The minimum absolute atomic E-state index is 0.201. The summed E-state index contributed by atoms with van der Waals surface area (Å²) in [6.07, 6.45) is 1.67. The fourth-order valence-electron chi connectivity index (χ4n) is 2.17. The number of hydrogen-bond donors (Lipinski definition) is 2. The predicted molar refractivity (Wildman–Crippen MR) is 76.5 cm³/mol. The van der Waals surface area contributed by atoms with Gasteiger partial charge in [-0.25, -0.2) is 5.43 Å². The van der Waals surface area contributed by atoms with Crippen LogP contribution in [0, 0.1) is 0 Å². The average molecular weight is 276 g/mol. The molecule has 1 heterocycles. The molecule has 0 saturated heterocycles. The molecular weight excluding hydrogens is 256 g/mol. The van der Waals surface area contributed by atoms with Crippen molar-refractivity contribution in [3.05, 3.63) is 41.7 Å². The van der Waals surface area contributed by atoms with E-state index < -0.39 is 0 Å². The highest BCUT2D eigenvalue weighted by Crippen LogP contribution is 2.29. The number of nitrogens with zero attached hydrogens (tertiary/aromatic N) is 2. The van der Waals surface area contributed by atoms with Crippen molar-refractivity contribution in [3.8, 4) is 11.5 Å². The molecule has 0 amide bonds. The molecule has 0 aliphatic carbocycles. The van der Waals surface area contributed by atoms with Crippen molar-refractivity contribution in [1.29, 1.82) is 0 Å². The van der Waals surface area contributed by atoms with Crippen molar-refractivity contribution >= 4 is 0 Å². The molecule has 0 radical (unpaired) electrons. The Bertz CT molecular complexity index is 551. The van der Waals surface area contributed by atoms with E-state index in [2.05, 4.69) is 10.5 Å². The average Bonchev–Trinajstić information content (AvgIpc) is 2.83. The Hall–Kier alpha value is -2.05. The van der Waals surface area contributed by atoms with Gasteiger partial charge in [-0.3, -0.25) is 10.5 Å². The van der Waals surface area contributed by atoms with E-state index in [-0.39, 0.29) is 6.04 Å². The summed E-state index contributed by atoms with van der Waals surface area (Å²) < 4.78 is 12.5. The van der Waals surface area contributed by atoms with Crippen LogP contribution in [0.15, 0.2) is 30.5 Å². The van der Waals surface area contributed by atoms with Crippen molar-refractivity contribution in [2.24, 2.45) is 12.9 Å². The maximum absolute atomic E-state index is 5.71. The SMILES string of the molecule is CCOc1ccc(C(NN)c2c(OC)cnn2C)cc1. The number of aromatic nitrogens is 2. The summed E-state index contributed by atoms with van der Waals surface area (Å²) in [6, 6.07) is 7.59. The molecule has 6 heteroatoms. The largest absolute Gasteiger partial charge is 0.494 e. The van der Waals surface area contributed by atoms with Gasteiger partial charge in [0.05, 0.1) is 26.0 Å². The molecule has 20 heavy (non-hydrogen) atoms. The number of ether oxygens (including phenoxy) is 2. The van der Waals surface area contributed by atoms with Crippen LogP contribution in [-0.4, -0.2) is 23.5 Å². The van der Waals surface area contributed by atoms with E-state index in [9.17, 15) is 0 Å². The van der Waals surface area contributed by atoms with E-state index in [1.54, 1.807) is 18.0 Å². The summed E-state index contributed by atoms with van der Waals surface area (Å²) in [5.74, 6) is 7.24. The first kappa shape index (κ1) is 14.4. The van der Waals surface area contributed by atoms with E-state index in [0.717, 1.165) is 17.0 Å². The molecule has 1 aromatic carbocycles. The fourth-order valence-corrected chi connectivity index (χ4v) is 2.17. The van der Waals surface area contributed by atoms with Crippen LogP contribution in [-0.2, 0) is 7.05 Å². The molecule has 0 aliphatic rings. The molecule has 2 aromatic rings. The van der Waals surface area contributed by atoms with Gasteiger partial charge >= 0.3 is 0 Å². The molecule has 108 valence electrons. The molecule has 2 rings (SSSR count). The van der Waals surface area contributed by atoms with Crippen LogP contribution >= 0.6 is 0 Å². The summed E-state index contributed by atoms with van der Waals surface area (Å²) >= 11 is 0. The summed E-state index contributed by atoms with van der Waals surface area (Å²) in [6.45, 7) is 2.60. The van der Waals surface area contributed by atoms with Crippen LogP contribution in [0.1, 0.15) is 24.2 Å². The maximum Gasteiger partial charge on any atom is 0.161 e. The van der Waals surface area contributed by atoms with E-state index in [0.29, 0.717) is 12.4 Å². The molecule has 6 nitrogen and oxygen atoms in total. The predicted octanol–water partition coefficient (Wildman–Crippen LogP) is 1.38. The lowest BCUT2D eigenvalue weighted by Gasteiger charge is -2.18. The van der Waals surface area contributed by atoms with Crippen LogP contribution in [0.5, 0.6) is 11.5 Å². The van der Waals surface area contributed by atoms with Crippen molar-refractivity contribution in [3.63, 3.8) is 0 Å². The van der Waals surface area contributed by atoms with Crippen LogP contribution in [0.25, 0.3) is 0 Å². The second kappa shape index (κ2) is 6.40. The van der Waals surface area contributed by atoms with Gasteiger partial charge in [-0.05, 0) is 24.6 Å². The van der Waals surface area contributed by atoms with Gasteiger partial charge in [0, 0.05) is 7.05 Å². The Morgan fingerprint density at radius 2 is 2.05 bits per heavy atom. The van der Waals surface area contributed by atoms with Gasteiger partial charge < -0.3 is 9.47 Å². The van der Waals surface area contributed by atoms with E-state index in [4.69, 9.17) is 15.3 Å². The highest BCUT2D eigenvalue weighted by molar-refractivity contribution is 5.38. The molecule has 0 spiro atoms. The van der Waals surface area contributed by atoms with Crippen molar-refractivity contribution in [1.82, 2.24) is 15.2 Å². The lowest BCUT2D eigenvalue weighted by molar-refractivity contribution is 0.340. The van der Waals surface area contributed by atoms with Gasteiger partial charge in [0.2, 0.25) is 0 Å². The molecular formula is C14H20N4O2. The zero-order chi connectivity index (χ0) is 14.5. The number of benzene rings is 1. The monoisotopic (exact) mass is 276 g/mol. The van der Waals surface area contributed by atoms with E-state index in [1.165, 1.54) is 0 Å². The van der Waals surface area contributed by atoms with Gasteiger partial charge in [0.25, 0.3) is 0 Å². The molecule has 0 bridgehead atoms. The number of hydrogen-bond acceptors (Lipinski definition) is 5. The first-order valence-corrected chi connectivity index (χ1v) is 6.46. The fraction of sp³-hybridized carbons (Fsp3) is 0.357. The van der Waals surface area contributed by atoms with Crippen molar-refractivity contribution < 1.29 is 9.47 Å². The molecule has 0 fully saturated rings. The van der Waals surface area contributed by atoms with Gasteiger partial charge in [-0.1, -0.05) is 12.1 Å². The molecule has 1 atom stereocenters. The van der Waals surface area contributed by atoms with Gasteiger partial charge in [-0.15, -0.1) is 0 Å². The number of hydrazine groups is 1. The third kappa shape index (κ3) is 2.76. The minimum Gasteiger partial charge on any atom is -0.494 e. The quantitative estimate of drug-likeness (QED) is 0.616. The minimum atomic E-state index is -0.201. The van der Waals surface area contributed by atoms with Crippen molar-refractivity contribution in [2.75, 3.05) is 13.7 Å². The van der Waals surface area contributed by atoms with Crippen LogP contribution in [0.2, 0.25) is 0 Å². The Morgan fingerprint density at radius 3 is 2.60 bits per heavy atom. The molecule has 0 aliphatic heterocycles. The van der Waals surface area contributed by atoms with Crippen molar-refractivity contribution in [2.45, 2.75) is 13.0 Å². The third-order valence-electron chi connectivity index (χ3n) is 3.13. The summed E-state index contributed by atoms with van der Waals surface area (Å²) in [5, 5.41) is 4.20. The normalized spacial score (nSPS) is 12.2. The Labute approximate surface area is 118 Å².